The number of hydrogen-bond acceptors (Lipinski definition) is 4. The second-order valence-electron chi connectivity index (χ2n) is 5.48. The van der Waals surface area contributed by atoms with E-state index in [9.17, 15) is 14.7 Å². The Morgan fingerprint density at radius 2 is 2.20 bits per heavy atom. The Hall–Kier alpha value is -1.34. The first-order chi connectivity index (χ1) is 9.59. The van der Waals surface area contributed by atoms with E-state index in [-0.39, 0.29) is 31.7 Å². The Kier molecular flexibility index (Phi) is 4.82. The molecular weight excluding hydrogens is 264 g/mol. The zero-order valence-corrected chi connectivity index (χ0v) is 11.5. The van der Waals surface area contributed by atoms with Crippen molar-refractivity contribution in [3.05, 3.63) is 0 Å². The molecule has 0 bridgehead atoms. The molecule has 2 aliphatic heterocycles. The van der Waals surface area contributed by atoms with Gasteiger partial charge in [-0.1, -0.05) is 0 Å². The Balaban J connectivity index is 2.03. The first-order valence-corrected chi connectivity index (χ1v) is 7.10. The van der Waals surface area contributed by atoms with Gasteiger partial charge in [-0.25, -0.2) is 9.59 Å². The van der Waals surface area contributed by atoms with Gasteiger partial charge in [0, 0.05) is 32.2 Å². The number of piperidine rings is 1. The van der Waals surface area contributed by atoms with Crippen LogP contribution in [0.5, 0.6) is 0 Å². The van der Waals surface area contributed by atoms with Gasteiger partial charge >= 0.3 is 12.0 Å². The number of carboxylic acid groups (broad SMARTS) is 1. The van der Waals surface area contributed by atoms with Gasteiger partial charge in [0.25, 0.3) is 0 Å². The maximum atomic E-state index is 12.4. The van der Waals surface area contributed by atoms with Crippen LogP contribution in [0.1, 0.15) is 32.1 Å². The average Bonchev–Trinajstić information content (AvgIpc) is 2.89. The zero-order chi connectivity index (χ0) is 14.6. The van der Waals surface area contributed by atoms with Crippen molar-refractivity contribution in [2.75, 3.05) is 26.4 Å². The lowest BCUT2D eigenvalue weighted by Crippen LogP contribution is -2.60. The third-order valence-corrected chi connectivity index (χ3v) is 4.13. The quantitative estimate of drug-likeness (QED) is 0.684. The Morgan fingerprint density at radius 1 is 1.40 bits per heavy atom. The lowest BCUT2D eigenvalue weighted by atomic mass is 9.98. The van der Waals surface area contributed by atoms with Gasteiger partial charge < -0.3 is 25.2 Å². The van der Waals surface area contributed by atoms with Crippen LogP contribution in [0.3, 0.4) is 0 Å². The summed E-state index contributed by atoms with van der Waals surface area (Å²) < 4.78 is 5.13. The number of aliphatic hydroxyl groups excluding tert-OH is 1. The van der Waals surface area contributed by atoms with E-state index in [1.165, 1.54) is 0 Å². The highest BCUT2D eigenvalue weighted by Crippen LogP contribution is 2.23. The molecule has 2 atom stereocenters. The number of hydrogen-bond donors (Lipinski definition) is 3. The molecule has 2 unspecified atom stereocenters. The van der Waals surface area contributed by atoms with Crippen molar-refractivity contribution in [2.24, 2.45) is 0 Å². The minimum atomic E-state index is -1.31. The molecule has 7 nitrogen and oxygen atoms in total. The second-order valence-corrected chi connectivity index (χ2v) is 5.48. The molecule has 2 aliphatic rings. The van der Waals surface area contributed by atoms with Crippen LogP contribution in [-0.4, -0.2) is 65.1 Å². The number of carbonyl (C=O) groups excluding carboxylic acids is 1. The Labute approximate surface area is 117 Å². The smallest absolute Gasteiger partial charge is 0.332 e. The highest BCUT2D eigenvalue weighted by molar-refractivity contribution is 5.87. The number of rotatable bonds is 4. The number of carboxylic acids is 1. The molecule has 20 heavy (non-hydrogen) atoms. The van der Waals surface area contributed by atoms with Crippen molar-refractivity contribution in [3.8, 4) is 0 Å². The standard InChI is InChI=1S/C13H22N2O5/c16-7-4-10-3-1-2-6-15(10)12(19)14-13(11(17)18)5-8-20-9-13/h10,16H,1-9H2,(H,14,19)(H,17,18). The fraction of sp³-hybridized carbons (Fsp3) is 0.846. The normalized spacial score (nSPS) is 30.2. The summed E-state index contributed by atoms with van der Waals surface area (Å²) in [4.78, 5) is 25.4. The maximum absolute atomic E-state index is 12.4. The molecular formula is C13H22N2O5. The van der Waals surface area contributed by atoms with E-state index in [2.05, 4.69) is 5.32 Å². The number of ether oxygens (including phenoxy) is 1. The van der Waals surface area contributed by atoms with E-state index in [1.807, 2.05) is 0 Å². The van der Waals surface area contributed by atoms with Gasteiger partial charge in [0.05, 0.1) is 6.61 Å². The third-order valence-electron chi connectivity index (χ3n) is 4.13. The molecule has 0 aromatic rings. The number of aliphatic hydroxyl groups is 1. The average molecular weight is 286 g/mol. The highest BCUT2D eigenvalue weighted by atomic mass is 16.5. The molecule has 7 heteroatoms. The molecule has 0 aromatic heterocycles. The van der Waals surface area contributed by atoms with Crippen LogP contribution in [0.4, 0.5) is 4.79 Å². The number of nitrogens with zero attached hydrogens (tertiary/aromatic N) is 1. The van der Waals surface area contributed by atoms with Gasteiger partial charge in [-0.3, -0.25) is 0 Å². The topological polar surface area (TPSA) is 99.1 Å². The van der Waals surface area contributed by atoms with Crippen molar-refractivity contribution in [1.82, 2.24) is 10.2 Å². The van der Waals surface area contributed by atoms with Gasteiger partial charge in [0.1, 0.15) is 0 Å². The first kappa shape index (κ1) is 15.1. The minimum Gasteiger partial charge on any atom is -0.479 e. The van der Waals surface area contributed by atoms with Crippen molar-refractivity contribution >= 4 is 12.0 Å². The van der Waals surface area contributed by atoms with Crippen LogP contribution in [0.15, 0.2) is 0 Å². The second kappa shape index (κ2) is 6.41. The number of nitrogens with one attached hydrogen (secondary N) is 1. The van der Waals surface area contributed by atoms with Crippen LogP contribution in [-0.2, 0) is 9.53 Å². The summed E-state index contributed by atoms with van der Waals surface area (Å²) in [5.41, 5.74) is -1.31. The van der Waals surface area contributed by atoms with Crippen molar-refractivity contribution in [3.63, 3.8) is 0 Å². The number of urea groups is 1. The van der Waals surface area contributed by atoms with Gasteiger partial charge in [0.2, 0.25) is 0 Å². The lowest BCUT2D eigenvalue weighted by Gasteiger charge is -2.37. The molecule has 0 aromatic carbocycles. The van der Waals surface area contributed by atoms with Crippen molar-refractivity contribution < 1.29 is 24.5 Å². The monoisotopic (exact) mass is 286 g/mol. The molecule has 0 spiro atoms. The van der Waals surface area contributed by atoms with Crippen molar-refractivity contribution in [1.29, 1.82) is 0 Å². The fourth-order valence-corrected chi connectivity index (χ4v) is 2.88. The van der Waals surface area contributed by atoms with Gasteiger partial charge in [-0.05, 0) is 25.7 Å². The van der Waals surface area contributed by atoms with E-state index >= 15 is 0 Å². The summed E-state index contributed by atoms with van der Waals surface area (Å²) in [6.45, 7) is 0.980. The number of amides is 2. The molecule has 114 valence electrons. The summed E-state index contributed by atoms with van der Waals surface area (Å²) >= 11 is 0. The molecule has 2 rings (SSSR count). The molecule has 2 saturated heterocycles. The molecule has 2 fully saturated rings. The zero-order valence-electron chi connectivity index (χ0n) is 11.5. The van der Waals surface area contributed by atoms with E-state index in [0.717, 1.165) is 19.3 Å². The van der Waals surface area contributed by atoms with E-state index in [0.29, 0.717) is 19.6 Å². The van der Waals surface area contributed by atoms with Gasteiger partial charge in [0.15, 0.2) is 5.54 Å². The molecule has 2 heterocycles. The molecule has 0 saturated carbocycles. The van der Waals surface area contributed by atoms with Crippen LogP contribution >= 0.6 is 0 Å². The predicted molar refractivity (Wildman–Crippen MR) is 70.4 cm³/mol. The van der Waals surface area contributed by atoms with Gasteiger partial charge in [-0.2, -0.15) is 0 Å². The minimum absolute atomic E-state index is 0.00653. The molecule has 0 aliphatic carbocycles. The lowest BCUT2D eigenvalue weighted by molar-refractivity contribution is -0.144. The first-order valence-electron chi connectivity index (χ1n) is 7.10. The summed E-state index contributed by atoms with van der Waals surface area (Å²) in [6.07, 6.45) is 3.61. The molecule has 0 radical (unpaired) electrons. The van der Waals surface area contributed by atoms with Gasteiger partial charge in [-0.15, -0.1) is 0 Å². The van der Waals surface area contributed by atoms with Crippen LogP contribution in [0.25, 0.3) is 0 Å². The molecule has 3 N–H and O–H groups in total. The third kappa shape index (κ3) is 3.04. The largest absolute Gasteiger partial charge is 0.479 e. The van der Waals surface area contributed by atoms with E-state index in [4.69, 9.17) is 9.84 Å². The molecule has 2 amide bonds. The van der Waals surface area contributed by atoms with Crippen molar-refractivity contribution in [2.45, 2.75) is 43.7 Å². The SMILES string of the molecule is O=C(NC1(C(=O)O)CCOC1)N1CCCCC1CCO. The summed E-state index contributed by atoms with van der Waals surface area (Å²) in [7, 11) is 0. The fourth-order valence-electron chi connectivity index (χ4n) is 2.88. The number of likely N-dealkylation sites (tertiary alicyclic amines) is 1. The number of aliphatic carboxylic acids is 1. The van der Waals surface area contributed by atoms with E-state index < -0.39 is 11.5 Å². The Morgan fingerprint density at radius 3 is 2.80 bits per heavy atom. The Bertz CT molecular complexity index is 366. The summed E-state index contributed by atoms with van der Waals surface area (Å²) in [6, 6.07) is -0.377. The summed E-state index contributed by atoms with van der Waals surface area (Å²) in [5.74, 6) is -1.06. The predicted octanol–water partition coefficient (Wildman–Crippen LogP) is 0.177. The van der Waals surface area contributed by atoms with E-state index in [1.54, 1.807) is 4.90 Å². The van der Waals surface area contributed by atoms with Crippen LogP contribution in [0.2, 0.25) is 0 Å². The van der Waals surface area contributed by atoms with Crippen LogP contribution in [0, 0.1) is 0 Å². The van der Waals surface area contributed by atoms with Crippen LogP contribution < -0.4 is 5.32 Å². The summed E-state index contributed by atoms with van der Waals surface area (Å²) in [5, 5.41) is 21.0. The highest BCUT2D eigenvalue weighted by Gasteiger charge is 2.45. The maximum Gasteiger partial charge on any atom is 0.332 e. The number of carbonyl (C=O) groups is 2.